The molecule has 1 fully saturated rings. The van der Waals surface area contributed by atoms with E-state index < -0.39 is 10.0 Å². The second-order valence-corrected chi connectivity index (χ2v) is 10.7. The summed E-state index contributed by atoms with van der Waals surface area (Å²) in [7, 11) is -3.50. The van der Waals surface area contributed by atoms with Crippen LogP contribution < -0.4 is 4.90 Å². The van der Waals surface area contributed by atoms with Crippen LogP contribution >= 0.6 is 0 Å². The number of aryl methyl sites for hydroxylation is 2. The lowest BCUT2D eigenvalue weighted by atomic mass is 9.91. The van der Waals surface area contributed by atoms with Gasteiger partial charge in [0.1, 0.15) is 0 Å². The van der Waals surface area contributed by atoms with E-state index in [1.807, 2.05) is 23.1 Å². The zero-order valence-corrected chi connectivity index (χ0v) is 18.0. The van der Waals surface area contributed by atoms with Gasteiger partial charge in [-0.05, 0) is 73.3 Å². The Morgan fingerprint density at radius 1 is 0.900 bits per heavy atom. The maximum Gasteiger partial charge on any atom is 0.243 e. The van der Waals surface area contributed by atoms with E-state index in [4.69, 9.17) is 0 Å². The first-order chi connectivity index (χ1) is 14.5. The highest BCUT2D eigenvalue weighted by atomic mass is 32.2. The smallest absolute Gasteiger partial charge is 0.243 e. The van der Waals surface area contributed by atoms with Crippen molar-refractivity contribution in [2.24, 2.45) is 5.92 Å². The van der Waals surface area contributed by atoms with E-state index >= 15 is 0 Å². The Labute approximate surface area is 178 Å². The van der Waals surface area contributed by atoms with Gasteiger partial charge in [-0.25, -0.2) is 8.42 Å². The molecular weight excluding hydrogens is 396 g/mol. The maximum absolute atomic E-state index is 13.4. The lowest BCUT2D eigenvalue weighted by Crippen LogP contribution is -2.40. The summed E-state index contributed by atoms with van der Waals surface area (Å²) >= 11 is 0. The second kappa shape index (κ2) is 7.82. The van der Waals surface area contributed by atoms with Gasteiger partial charge in [-0.3, -0.25) is 4.79 Å². The normalized spacial score (nSPS) is 20.3. The summed E-state index contributed by atoms with van der Waals surface area (Å²) in [6, 6.07) is 14.1. The summed E-state index contributed by atoms with van der Waals surface area (Å²) in [5.74, 6) is 0.697. The Morgan fingerprint density at radius 2 is 1.60 bits per heavy atom. The van der Waals surface area contributed by atoms with Gasteiger partial charge in [-0.15, -0.1) is 0 Å². The van der Waals surface area contributed by atoms with E-state index in [2.05, 4.69) is 24.3 Å². The van der Waals surface area contributed by atoms with Crippen molar-refractivity contribution < 1.29 is 13.2 Å². The second-order valence-electron chi connectivity index (χ2n) is 8.78. The highest BCUT2D eigenvalue weighted by Crippen LogP contribution is 2.38. The van der Waals surface area contributed by atoms with Crippen LogP contribution in [0.25, 0.3) is 0 Å². The van der Waals surface area contributed by atoms with E-state index in [0.29, 0.717) is 36.7 Å². The number of carbonyl (C=O) groups excluding carboxylic acids is 1. The molecular formula is C24H28N2O3S. The average Bonchev–Trinajstić information content (AvgIpc) is 2.77. The van der Waals surface area contributed by atoms with Gasteiger partial charge in [-0.1, -0.05) is 30.3 Å². The zero-order valence-electron chi connectivity index (χ0n) is 17.2. The lowest BCUT2D eigenvalue weighted by molar-refractivity contribution is -0.119. The number of sulfonamides is 1. The van der Waals surface area contributed by atoms with Crippen molar-refractivity contribution in [1.82, 2.24) is 4.31 Å². The molecule has 0 unspecified atom stereocenters. The Balaban J connectivity index is 1.34. The molecule has 1 amide bonds. The minimum absolute atomic E-state index is 0.166. The Bertz CT molecular complexity index is 1040. The molecule has 3 heterocycles. The molecule has 6 heteroatoms. The van der Waals surface area contributed by atoms with Gasteiger partial charge in [0.25, 0.3) is 0 Å². The molecule has 0 spiro atoms. The highest BCUT2D eigenvalue weighted by Gasteiger charge is 2.34. The number of hydrogen-bond donors (Lipinski definition) is 0. The van der Waals surface area contributed by atoms with Crippen LogP contribution in [0.15, 0.2) is 47.4 Å². The van der Waals surface area contributed by atoms with Gasteiger partial charge in [0, 0.05) is 26.1 Å². The molecule has 0 atom stereocenters. The first-order valence-corrected chi connectivity index (χ1v) is 12.5. The minimum Gasteiger partial charge on any atom is -0.312 e. The molecule has 0 radical (unpaired) electrons. The minimum atomic E-state index is -3.50. The number of hydrogen-bond acceptors (Lipinski definition) is 3. The summed E-state index contributed by atoms with van der Waals surface area (Å²) in [5, 5.41) is 0. The zero-order chi connectivity index (χ0) is 20.7. The number of piperidine rings is 1. The standard InChI is InChI=1S/C24H28N2O3S/c27-23-9-8-21-17-22(16-20-7-4-12-26(23)24(20)21)30(28,29)25-13-10-19(11-14-25)15-18-5-2-1-3-6-18/h1-3,5-6,16-17,19H,4,7-15H2. The predicted octanol–water partition coefficient (Wildman–Crippen LogP) is 3.56. The molecule has 5 rings (SSSR count). The van der Waals surface area contributed by atoms with Gasteiger partial charge in [-0.2, -0.15) is 4.31 Å². The van der Waals surface area contributed by atoms with Gasteiger partial charge < -0.3 is 4.90 Å². The molecule has 0 aliphatic carbocycles. The monoisotopic (exact) mass is 424 g/mol. The Morgan fingerprint density at radius 3 is 2.33 bits per heavy atom. The molecule has 158 valence electrons. The summed E-state index contributed by atoms with van der Waals surface area (Å²) < 4.78 is 28.5. The van der Waals surface area contributed by atoms with E-state index in [0.717, 1.165) is 55.5 Å². The van der Waals surface area contributed by atoms with Gasteiger partial charge >= 0.3 is 0 Å². The lowest BCUT2D eigenvalue weighted by Gasteiger charge is -2.36. The first-order valence-electron chi connectivity index (χ1n) is 11.0. The molecule has 0 bridgehead atoms. The number of anilines is 1. The number of benzene rings is 2. The van der Waals surface area contributed by atoms with Crippen LogP contribution in [0.5, 0.6) is 0 Å². The molecule has 3 aliphatic heterocycles. The predicted molar refractivity (Wildman–Crippen MR) is 117 cm³/mol. The van der Waals surface area contributed by atoms with Crippen LogP contribution in [0.3, 0.4) is 0 Å². The molecule has 5 nitrogen and oxygen atoms in total. The van der Waals surface area contributed by atoms with Crippen molar-refractivity contribution in [2.75, 3.05) is 24.5 Å². The Kier molecular flexibility index (Phi) is 5.15. The summed E-state index contributed by atoms with van der Waals surface area (Å²) in [6.07, 6.45) is 5.66. The van der Waals surface area contributed by atoms with Crippen molar-refractivity contribution >= 4 is 21.6 Å². The molecule has 0 aromatic heterocycles. The van der Waals surface area contributed by atoms with Crippen molar-refractivity contribution in [1.29, 1.82) is 0 Å². The van der Waals surface area contributed by atoms with Crippen LogP contribution in [0.1, 0.15) is 42.4 Å². The molecule has 30 heavy (non-hydrogen) atoms. The van der Waals surface area contributed by atoms with Crippen LogP contribution in [-0.2, 0) is 34.1 Å². The van der Waals surface area contributed by atoms with Crippen LogP contribution in [-0.4, -0.2) is 38.3 Å². The third-order valence-electron chi connectivity index (χ3n) is 6.83. The molecule has 0 saturated carbocycles. The summed E-state index contributed by atoms with van der Waals surface area (Å²) in [4.78, 5) is 14.5. The number of nitrogens with zero attached hydrogens (tertiary/aromatic N) is 2. The van der Waals surface area contributed by atoms with Crippen LogP contribution in [0.4, 0.5) is 5.69 Å². The quantitative estimate of drug-likeness (QED) is 0.754. The summed E-state index contributed by atoms with van der Waals surface area (Å²) in [6.45, 7) is 1.91. The van der Waals surface area contributed by atoms with E-state index in [-0.39, 0.29) is 5.91 Å². The fraction of sp³-hybridized carbons (Fsp3) is 0.458. The molecule has 0 N–H and O–H groups in total. The van der Waals surface area contributed by atoms with Crippen molar-refractivity contribution in [3.63, 3.8) is 0 Å². The van der Waals surface area contributed by atoms with E-state index in [1.54, 1.807) is 4.31 Å². The van der Waals surface area contributed by atoms with Crippen molar-refractivity contribution in [3.8, 4) is 0 Å². The average molecular weight is 425 g/mol. The largest absolute Gasteiger partial charge is 0.312 e. The van der Waals surface area contributed by atoms with E-state index in [9.17, 15) is 13.2 Å². The summed E-state index contributed by atoms with van der Waals surface area (Å²) in [5.41, 5.74) is 4.35. The molecule has 3 aliphatic rings. The van der Waals surface area contributed by atoms with Crippen LogP contribution in [0.2, 0.25) is 0 Å². The van der Waals surface area contributed by atoms with Crippen molar-refractivity contribution in [2.45, 2.75) is 49.8 Å². The number of amides is 1. The first kappa shape index (κ1) is 19.8. The van der Waals surface area contributed by atoms with Gasteiger partial charge in [0.15, 0.2) is 0 Å². The van der Waals surface area contributed by atoms with Gasteiger partial charge in [0.2, 0.25) is 15.9 Å². The molecule has 2 aromatic rings. The van der Waals surface area contributed by atoms with E-state index in [1.165, 1.54) is 5.56 Å². The maximum atomic E-state index is 13.4. The third-order valence-corrected chi connectivity index (χ3v) is 8.70. The molecule has 1 saturated heterocycles. The topological polar surface area (TPSA) is 57.7 Å². The Hall–Kier alpha value is -2.18. The number of carbonyl (C=O) groups is 1. The van der Waals surface area contributed by atoms with Gasteiger partial charge in [0.05, 0.1) is 10.6 Å². The molecule has 2 aromatic carbocycles. The third kappa shape index (κ3) is 3.56. The van der Waals surface area contributed by atoms with Crippen molar-refractivity contribution in [3.05, 3.63) is 59.2 Å². The SMILES string of the molecule is O=C1CCc2cc(S(=O)(=O)N3CCC(Cc4ccccc4)CC3)cc3c2N1CCC3. The number of rotatable bonds is 4. The fourth-order valence-corrected chi connectivity index (χ4v) is 6.79. The highest BCUT2D eigenvalue weighted by molar-refractivity contribution is 7.89. The van der Waals surface area contributed by atoms with Crippen LogP contribution in [0, 0.1) is 5.92 Å². The fourth-order valence-electron chi connectivity index (χ4n) is 5.22.